The number of hydrogen-bond donors (Lipinski definition) is 1. The fraction of sp³-hybridized carbons (Fsp3) is 0.588. The van der Waals surface area contributed by atoms with Crippen molar-refractivity contribution in [2.75, 3.05) is 12.3 Å². The Hall–Kier alpha value is -1.51. The minimum Gasteiger partial charge on any atom is -0.398 e. The number of carbonyl (C=O) groups excluding carboxylic acids is 1. The van der Waals surface area contributed by atoms with Crippen molar-refractivity contribution in [2.24, 2.45) is 5.41 Å². The summed E-state index contributed by atoms with van der Waals surface area (Å²) in [6, 6.07) is 6.09. The Kier molecular flexibility index (Phi) is 3.45. The summed E-state index contributed by atoms with van der Waals surface area (Å²) in [5.74, 6) is 0.367. The van der Waals surface area contributed by atoms with Crippen LogP contribution in [0.5, 0.6) is 0 Å². The first kappa shape index (κ1) is 13.5. The van der Waals surface area contributed by atoms with Crippen molar-refractivity contribution < 1.29 is 4.79 Å². The van der Waals surface area contributed by atoms with Gasteiger partial charge in [-0.3, -0.25) is 4.79 Å². The lowest BCUT2D eigenvalue weighted by molar-refractivity contribution is -0.143. The number of nitrogens with two attached hydrogens (primary N) is 1. The zero-order valence-corrected chi connectivity index (χ0v) is 12.3. The summed E-state index contributed by atoms with van der Waals surface area (Å²) in [5, 5.41) is 0. The van der Waals surface area contributed by atoms with Gasteiger partial charge < -0.3 is 10.6 Å². The minimum atomic E-state index is -0.0823. The highest BCUT2D eigenvalue weighted by atomic mass is 16.2. The first-order chi connectivity index (χ1) is 9.66. The Labute approximate surface area is 121 Å². The van der Waals surface area contributed by atoms with Gasteiger partial charge in [-0.15, -0.1) is 0 Å². The number of nitrogen functional groups attached to an aromatic ring is 1. The zero-order chi connectivity index (χ0) is 14.2. The maximum Gasteiger partial charge on any atom is 0.229 e. The van der Waals surface area contributed by atoms with Gasteiger partial charge in [-0.25, -0.2) is 0 Å². The van der Waals surface area contributed by atoms with Gasteiger partial charge in [0.05, 0.1) is 0 Å². The average Bonchev–Trinajstić information content (AvgIpc) is 2.97. The number of amides is 1. The van der Waals surface area contributed by atoms with Gasteiger partial charge in [0.25, 0.3) is 0 Å². The van der Waals surface area contributed by atoms with E-state index in [4.69, 9.17) is 5.73 Å². The maximum absolute atomic E-state index is 13.0. The van der Waals surface area contributed by atoms with Crippen molar-refractivity contribution in [3.63, 3.8) is 0 Å². The molecule has 20 heavy (non-hydrogen) atoms. The van der Waals surface area contributed by atoms with E-state index in [-0.39, 0.29) is 5.41 Å². The average molecular weight is 272 g/mol. The largest absolute Gasteiger partial charge is 0.398 e. The molecule has 2 N–H and O–H groups in total. The van der Waals surface area contributed by atoms with Crippen molar-refractivity contribution in [3.8, 4) is 0 Å². The van der Waals surface area contributed by atoms with Crippen LogP contribution in [0, 0.1) is 5.41 Å². The SMILES string of the molecule is CCC1(C(=O)N2CCc3cccc(N)c3C2)CCCC1. The van der Waals surface area contributed by atoms with E-state index in [0.717, 1.165) is 43.5 Å². The number of hydrogen-bond acceptors (Lipinski definition) is 2. The first-order valence-corrected chi connectivity index (χ1v) is 7.82. The second-order valence-electron chi connectivity index (χ2n) is 6.30. The third-order valence-corrected chi connectivity index (χ3v) is 5.29. The molecule has 0 spiro atoms. The van der Waals surface area contributed by atoms with Crippen molar-refractivity contribution in [1.29, 1.82) is 0 Å². The number of fused-ring (bicyclic) bond motifs is 1. The molecule has 0 saturated heterocycles. The number of benzene rings is 1. The predicted octanol–water partition coefficient (Wildman–Crippen LogP) is 3.12. The molecule has 3 heteroatoms. The molecule has 1 heterocycles. The second-order valence-corrected chi connectivity index (χ2v) is 6.30. The fourth-order valence-electron chi connectivity index (χ4n) is 3.89. The smallest absolute Gasteiger partial charge is 0.229 e. The topological polar surface area (TPSA) is 46.3 Å². The molecule has 0 bridgehead atoms. The van der Waals surface area contributed by atoms with E-state index in [1.54, 1.807) is 0 Å². The van der Waals surface area contributed by atoms with Gasteiger partial charge in [0, 0.05) is 24.2 Å². The lowest BCUT2D eigenvalue weighted by atomic mass is 9.81. The van der Waals surface area contributed by atoms with Crippen LogP contribution in [0.4, 0.5) is 5.69 Å². The van der Waals surface area contributed by atoms with E-state index < -0.39 is 0 Å². The lowest BCUT2D eigenvalue weighted by Gasteiger charge is -2.37. The normalized spacial score (nSPS) is 20.8. The number of rotatable bonds is 2. The molecule has 3 rings (SSSR count). The number of carbonyl (C=O) groups is 1. The molecule has 2 aliphatic rings. The molecule has 3 nitrogen and oxygen atoms in total. The molecule has 1 aromatic carbocycles. The van der Waals surface area contributed by atoms with E-state index in [2.05, 4.69) is 13.0 Å². The molecule has 1 saturated carbocycles. The van der Waals surface area contributed by atoms with Gasteiger partial charge >= 0.3 is 0 Å². The standard InChI is InChI=1S/C17H24N2O/c1-2-17(9-3-4-10-17)16(20)19-11-8-13-6-5-7-15(18)14(13)12-19/h5-7H,2-4,8-12,18H2,1H3. The number of nitrogens with zero attached hydrogens (tertiary/aromatic N) is 1. The van der Waals surface area contributed by atoms with Crippen LogP contribution < -0.4 is 5.73 Å². The van der Waals surface area contributed by atoms with E-state index in [9.17, 15) is 4.79 Å². The predicted molar refractivity (Wildman–Crippen MR) is 81.2 cm³/mol. The van der Waals surface area contributed by atoms with Gasteiger partial charge in [0.1, 0.15) is 0 Å². The van der Waals surface area contributed by atoms with Crippen LogP contribution in [-0.4, -0.2) is 17.4 Å². The third-order valence-electron chi connectivity index (χ3n) is 5.29. The van der Waals surface area contributed by atoms with Crippen molar-refractivity contribution >= 4 is 11.6 Å². The first-order valence-electron chi connectivity index (χ1n) is 7.82. The van der Waals surface area contributed by atoms with Crippen molar-refractivity contribution in [1.82, 2.24) is 4.90 Å². The highest BCUT2D eigenvalue weighted by Crippen LogP contribution is 2.43. The molecule has 1 fully saturated rings. The fourth-order valence-corrected chi connectivity index (χ4v) is 3.89. The van der Waals surface area contributed by atoms with Crippen LogP contribution in [-0.2, 0) is 17.8 Å². The molecular weight excluding hydrogens is 248 g/mol. The van der Waals surface area contributed by atoms with Gasteiger partial charge in [-0.05, 0) is 42.9 Å². The molecule has 0 atom stereocenters. The van der Waals surface area contributed by atoms with E-state index in [1.165, 1.54) is 18.4 Å². The quantitative estimate of drug-likeness (QED) is 0.841. The van der Waals surface area contributed by atoms with E-state index in [0.29, 0.717) is 12.5 Å². The summed E-state index contributed by atoms with van der Waals surface area (Å²) < 4.78 is 0. The van der Waals surface area contributed by atoms with Crippen LogP contribution in [0.25, 0.3) is 0 Å². The maximum atomic E-state index is 13.0. The van der Waals surface area contributed by atoms with Crippen LogP contribution in [0.15, 0.2) is 18.2 Å². The highest BCUT2D eigenvalue weighted by Gasteiger charge is 2.42. The summed E-state index contributed by atoms with van der Waals surface area (Å²) in [6.07, 6.45) is 6.44. The molecule has 1 aliphatic carbocycles. The van der Waals surface area contributed by atoms with Crippen LogP contribution in [0.1, 0.15) is 50.2 Å². The molecule has 1 aromatic rings. The van der Waals surface area contributed by atoms with Gasteiger partial charge in [0.2, 0.25) is 5.91 Å². The summed E-state index contributed by atoms with van der Waals surface area (Å²) in [4.78, 5) is 15.0. The Balaban J connectivity index is 1.83. The van der Waals surface area contributed by atoms with Crippen LogP contribution in [0.3, 0.4) is 0 Å². The van der Waals surface area contributed by atoms with Gasteiger partial charge in [-0.1, -0.05) is 31.9 Å². The van der Waals surface area contributed by atoms with Crippen molar-refractivity contribution in [2.45, 2.75) is 52.0 Å². The molecule has 108 valence electrons. The molecule has 0 radical (unpaired) electrons. The van der Waals surface area contributed by atoms with Crippen LogP contribution >= 0.6 is 0 Å². The van der Waals surface area contributed by atoms with Crippen LogP contribution in [0.2, 0.25) is 0 Å². The highest BCUT2D eigenvalue weighted by molar-refractivity contribution is 5.83. The van der Waals surface area contributed by atoms with E-state index in [1.807, 2.05) is 17.0 Å². The van der Waals surface area contributed by atoms with Crippen molar-refractivity contribution in [3.05, 3.63) is 29.3 Å². The Morgan fingerprint density at radius 3 is 2.80 bits per heavy atom. The number of anilines is 1. The summed E-state index contributed by atoms with van der Waals surface area (Å²) in [6.45, 7) is 3.70. The second kappa shape index (κ2) is 5.12. The summed E-state index contributed by atoms with van der Waals surface area (Å²) >= 11 is 0. The third kappa shape index (κ3) is 2.09. The molecule has 1 amide bonds. The molecule has 0 aromatic heterocycles. The zero-order valence-electron chi connectivity index (χ0n) is 12.3. The summed E-state index contributed by atoms with van der Waals surface area (Å²) in [5.41, 5.74) is 9.31. The minimum absolute atomic E-state index is 0.0823. The Morgan fingerprint density at radius 2 is 2.10 bits per heavy atom. The molecule has 0 unspecified atom stereocenters. The van der Waals surface area contributed by atoms with Gasteiger partial charge in [-0.2, -0.15) is 0 Å². The Morgan fingerprint density at radius 1 is 1.35 bits per heavy atom. The Bertz CT molecular complexity index is 518. The molecular formula is C17H24N2O. The molecule has 1 aliphatic heterocycles. The summed E-state index contributed by atoms with van der Waals surface area (Å²) in [7, 11) is 0. The monoisotopic (exact) mass is 272 g/mol. The van der Waals surface area contributed by atoms with E-state index >= 15 is 0 Å². The lowest BCUT2D eigenvalue weighted by Crippen LogP contribution is -2.44. The van der Waals surface area contributed by atoms with Gasteiger partial charge in [0.15, 0.2) is 0 Å².